The van der Waals surface area contributed by atoms with E-state index in [9.17, 15) is 31.1 Å². The van der Waals surface area contributed by atoms with Crippen molar-refractivity contribution in [2.24, 2.45) is 0 Å². The Balaban J connectivity index is 1.16. The average Bonchev–Trinajstić information content (AvgIpc) is 2.99. The van der Waals surface area contributed by atoms with E-state index >= 15 is 0 Å². The molecule has 0 saturated carbocycles. The van der Waals surface area contributed by atoms with E-state index in [1.54, 1.807) is 9.80 Å². The quantitative estimate of drug-likeness (QED) is 0.218. The summed E-state index contributed by atoms with van der Waals surface area (Å²) in [5.41, 5.74) is 5.68. The van der Waals surface area contributed by atoms with Gasteiger partial charge >= 0.3 is 18.4 Å². The Hall–Kier alpha value is -4.27. The van der Waals surface area contributed by atoms with Crippen LogP contribution in [0.4, 0.5) is 31.1 Å². The molecule has 4 aromatic carbocycles. The third kappa shape index (κ3) is 5.60. The Labute approximate surface area is 239 Å². The summed E-state index contributed by atoms with van der Waals surface area (Å²) in [6.07, 6.45) is -7.43. The number of nitrogens with zero attached hydrogens (tertiary/aromatic N) is 2. The van der Waals surface area contributed by atoms with E-state index in [4.69, 9.17) is 0 Å². The van der Waals surface area contributed by atoms with E-state index in [-0.39, 0.29) is 6.03 Å². The molecule has 0 aromatic heterocycles. The van der Waals surface area contributed by atoms with Crippen LogP contribution in [0.2, 0.25) is 0 Å². The highest BCUT2D eigenvalue weighted by Crippen LogP contribution is 2.34. The lowest BCUT2D eigenvalue weighted by molar-refractivity contribution is -0.138. The van der Waals surface area contributed by atoms with Crippen LogP contribution < -0.4 is 0 Å². The molecule has 0 fully saturated rings. The number of alkyl halides is 6. The molecule has 42 heavy (non-hydrogen) atoms. The molecule has 2 heterocycles. The summed E-state index contributed by atoms with van der Waals surface area (Å²) in [7, 11) is 0. The molecule has 2 aliphatic rings. The van der Waals surface area contributed by atoms with Crippen LogP contribution in [0.15, 0.2) is 84.9 Å². The maximum atomic E-state index is 13.6. The molecule has 2 amide bonds. The van der Waals surface area contributed by atoms with Crippen molar-refractivity contribution in [1.29, 1.82) is 0 Å². The van der Waals surface area contributed by atoms with Gasteiger partial charge in [0.1, 0.15) is 0 Å². The van der Waals surface area contributed by atoms with E-state index in [2.05, 4.69) is 0 Å². The van der Waals surface area contributed by atoms with Crippen molar-refractivity contribution in [3.63, 3.8) is 0 Å². The van der Waals surface area contributed by atoms with Crippen molar-refractivity contribution in [2.75, 3.05) is 13.1 Å². The predicted octanol–water partition coefficient (Wildman–Crippen LogP) is 8.59. The number of fused-ring (bicyclic) bond motifs is 2. The lowest BCUT2D eigenvalue weighted by Gasteiger charge is -2.36. The van der Waals surface area contributed by atoms with Gasteiger partial charge < -0.3 is 9.80 Å². The molecule has 2 aliphatic heterocycles. The highest BCUT2D eigenvalue weighted by atomic mass is 19.4. The van der Waals surface area contributed by atoms with Gasteiger partial charge in [0.25, 0.3) is 0 Å². The van der Waals surface area contributed by atoms with Gasteiger partial charge in [0.05, 0.1) is 11.1 Å². The van der Waals surface area contributed by atoms with Crippen LogP contribution in [0.3, 0.4) is 0 Å². The van der Waals surface area contributed by atoms with Crippen LogP contribution in [-0.4, -0.2) is 28.9 Å². The Morgan fingerprint density at radius 2 is 0.857 bits per heavy atom. The molecule has 216 valence electrons. The standard InChI is InChI=1S/C33H26F6N2O/c34-32(35,36)29-9-5-21(6-10-29)25-3-1-23-13-15-40(19-27(23)17-25)31(42)41-16-14-24-2-4-26(18-28(24)20-41)22-7-11-30(12-8-22)33(37,38)39/h1-12,17-18H,13-16,19-20H2. The number of hydrogen-bond donors (Lipinski definition) is 0. The first-order chi connectivity index (χ1) is 20.0. The molecule has 3 nitrogen and oxygen atoms in total. The van der Waals surface area contributed by atoms with Crippen LogP contribution in [0.1, 0.15) is 33.4 Å². The van der Waals surface area contributed by atoms with Gasteiger partial charge in [-0.1, -0.05) is 48.5 Å². The second kappa shape index (κ2) is 10.5. The Kier molecular flexibility index (Phi) is 6.99. The number of benzene rings is 4. The summed E-state index contributed by atoms with van der Waals surface area (Å²) in [6.45, 7) is 1.91. The first-order valence-corrected chi connectivity index (χ1v) is 13.6. The number of rotatable bonds is 2. The van der Waals surface area contributed by atoms with E-state index < -0.39 is 23.5 Å². The zero-order valence-electron chi connectivity index (χ0n) is 22.4. The van der Waals surface area contributed by atoms with Crippen molar-refractivity contribution < 1.29 is 31.1 Å². The number of hydrogen-bond acceptors (Lipinski definition) is 1. The zero-order chi connectivity index (χ0) is 29.6. The second-order valence-corrected chi connectivity index (χ2v) is 10.7. The van der Waals surface area contributed by atoms with Gasteiger partial charge in [-0.05, 0) is 93.7 Å². The minimum absolute atomic E-state index is 0.0915. The highest BCUT2D eigenvalue weighted by Gasteiger charge is 2.31. The van der Waals surface area contributed by atoms with Crippen LogP contribution >= 0.6 is 0 Å². The fraction of sp³-hybridized carbons (Fsp3) is 0.242. The smallest absolute Gasteiger partial charge is 0.320 e. The molecule has 0 aliphatic carbocycles. The molecule has 0 spiro atoms. The molecule has 0 bridgehead atoms. The predicted molar refractivity (Wildman–Crippen MR) is 147 cm³/mol. The largest absolute Gasteiger partial charge is 0.416 e. The molecule has 6 rings (SSSR count). The third-order valence-electron chi connectivity index (χ3n) is 8.07. The van der Waals surface area contributed by atoms with Crippen molar-refractivity contribution in [2.45, 2.75) is 38.3 Å². The van der Waals surface area contributed by atoms with Gasteiger partial charge in [0.15, 0.2) is 0 Å². The summed E-state index contributed by atoms with van der Waals surface area (Å²) < 4.78 is 77.8. The van der Waals surface area contributed by atoms with Crippen molar-refractivity contribution in [3.05, 3.63) is 118 Å². The Morgan fingerprint density at radius 1 is 0.500 bits per heavy atom. The maximum Gasteiger partial charge on any atom is 0.416 e. The molecular weight excluding hydrogens is 554 g/mol. The molecule has 0 unspecified atom stereocenters. The molecule has 0 saturated heterocycles. The van der Waals surface area contributed by atoms with Gasteiger partial charge in [0.2, 0.25) is 0 Å². The second-order valence-electron chi connectivity index (χ2n) is 10.7. The van der Waals surface area contributed by atoms with Gasteiger partial charge in [0, 0.05) is 26.2 Å². The average molecular weight is 581 g/mol. The highest BCUT2D eigenvalue weighted by molar-refractivity contribution is 5.76. The molecule has 4 aromatic rings. The third-order valence-corrected chi connectivity index (χ3v) is 8.07. The monoisotopic (exact) mass is 580 g/mol. The lowest BCUT2D eigenvalue weighted by Crippen LogP contribution is -2.47. The van der Waals surface area contributed by atoms with E-state index in [1.807, 2.05) is 36.4 Å². The maximum absolute atomic E-state index is 13.6. The Morgan fingerprint density at radius 3 is 1.21 bits per heavy atom. The van der Waals surface area contributed by atoms with E-state index in [1.165, 1.54) is 24.3 Å². The first kappa shape index (κ1) is 27.9. The minimum Gasteiger partial charge on any atom is -0.320 e. The summed E-state index contributed by atoms with van der Waals surface area (Å²) in [6, 6.07) is 21.7. The van der Waals surface area contributed by atoms with Gasteiger partial charge in [-0.2, -0.15) is 26.3 Å². The summed E-state index contributed by atoms with van der Waals surface area (Å²) in [4.78, 5) is 17.2. The SMILES string of the molecule is O=C(N1CCc2ccc(-c3ccc(C(F)(F)F)cc3)cc2C1)N1CCc2ccc(-c3ccc(C(F)(F)F)cc3)cc2C1. The van der Waals surface area contributed by atoms with Gasteiger partial charge in [-0.3, -0.25) is 0 Å². The topological polar surface area (TPSA) is 23.6 Å². The summed E-state index contributed by atoms with van der Waals surface area (Å²) >= 11 is 0. The normalized spacial score (nSPS) is 15.3. The molecular formula is C33H26F6N2O. The minimum atomic E-state index is -4.39. The number of halogens is 6. The zero-order valence-corrected chi connectivity index (χ0v) is 22.4. The van der Waals surface area contributed by atoms with E-state index in [0.717, 1.165) is 57.6 Å². The van der Waals surface area contributed by atoms with Crippen LogP contribution in [0.5, 0.6) is 0 Å². The van der Waals surface area contributed by atoms with Crippen molar-refractivity contribution >= 4 is 6.03 Å². The molecule has 0 radical (unpaired) electrons. The van der Waals surface area contributed by atoms with Gasteiger partial charge in [-0.25, -0.2) is 4.79 Å². The Bertz CT molecular complexity index is 1500. The number of carbonyl (C=O) groups excluding carboxylic acids is 1. The molecule has 0 N–H and O–H groups in total. The first-order valence-electron chi connectivity index (χ1n) is 13.6. The van der Waals surface area contributed by atoms with Crippen molar-refractivity contribution in [1.82, 2.24) is 9.80 Å². The lowest BCUT2D eigenvalue weighted by atomic mass is 9.93. The van der Waals surface area contributed by atoms with Crippen LogP contribution in [0.25, 0.3) is 22.3 Å². The fourth-order valence-corrected chi connectivity index (χ4v) is 5.70. The molecule has 9 heteroatoms. The van der Waals surface area contributed by atoms with Crippen molar-refractivity contribution in [3.8, 4) is 22.3 Å². The summed E-state index contributed by atoms with van der Waals surface area (Å²) in [5.74, 6) is 0. The number of urea groups is 1. The van der Waals surface area contributed by atoms with Gasteiger partial charge in [-0.15, -0.1) is 0 Å². The van der Waals surface area contributed by atoms with E-state index in [0.29, 0.717) is 50.1 Å². The number of carbonyl (C=O) groups is 1. The van der Waals surface area contributed by atoms with Crippen LogP contribution in [-0.2, 0) is 38.3 Å². The fourth-order valence-electron chi connectivity index (χ4n) is 5.70. The summed E-state index contributed by atoms with van der Waals surface area (Å²) in [5, 5.41) is 0. The number of amides is 2. The van der Waals surface area contributed by atoms with Crippen LogP contribution in [0, 0.1) is 0 Å². The molecule has 0 atom stereocenters.